The fourth-order valence-corrected chi connectivity index (χ4v) is 3.77. The quantitative estimate of drug-likeness (QED) is 0.662. The van der Waals surface area contributed by atoms with Crippen LogP contribution in [0.5, 0.6) is 0 Å². The molecule has 1 aromatic heterocycles. The van der Waals surface area contributed by atoms with Gasteiger partial charge in [0.15, 0.2) is 11.7 Å². The van der Waals surface area contributed by atoms with Crippen molar-refractivity contribution in [2.24, 2.45) is 5.92 Å². The van der Waals surface area contributed by atoms with Crippen LogP contribution in [-0.4, -0.2) is 40.8 Å². The SMILES string of the molecule is CCCCNC(=O)C1CCC(C)N(C(=O)CCc2ncc(-c3ccccc3F)o2)C1. The van der Waals surface area contributed by atoms with E-state index in [4.69, 9.17) is 4.42 Å². The van der Waals surface area contributed by atoms with E-state index in [0.717, 1.165) is 25.7 Å². The number of rotatable bonds is 8. The predicted molar refractivity (Wildman–Crippen MR) is 112 cm³/mol. The maximum Gasteiger partial charge on any atom is 0.224 e. The van der Waals surface area contributed by atoms with Gasteiger partial charge in [-0.15, -0.1) is 0 Å². The number of carbonyl (C=O) groups excluding carboxylic acids is 2. The zero-order chi connectivity index (χ0) is 21.5. The number of oxazole rings is 1. The number of aryl methyl sites for hydroxylation is 1. The molecule has 0 radical (unpaired) electrons. The first-order valence-corrected chi connectivity index (χ1v) is 10.8. The fraction of sp³-hybridized carbons (Fsp3) is 0.522. The van der Waals surface area contributed by atoms with E-state index in [9.17, 15) is 14.0 Å². The molecule has 1 N–H and O–H groups in total. The van der Waals surface area contributed by atoms with Gasteiger partial charge in [-0.2, -0.15) is 0 Å². The maximum atomic E-state index is 13.9. The molecule has 162 valence electrons. The van der Waals surface area contributed by atoms with Crippen molar-refractivity contribution in [3.63, 3.8) is 0 Å². The average Bonchev–Trinajstić information content (AvgIpc) is 3.21. The van der Waals surface area contributed by atoms with Gasteiger partial charge < -0.3 is 14.6 Å². The summed E-state index contributed by atoms with van der Waals surface area (Å²) in [6, 6.07) is 6.46. The molecule has 2 atom stereocenters. The second kappa shape index (κ2) is 10.4. The second-order valence-electron chi connectivity index (χ2n) is 7.91. The van der Waals surface area contributed by atoms with Gasteiger partial charge in [0.05, 0.1) is 17.7 Å². The molecule has 2 unspecified atom stereocenters. The monoisotopic (exact) mass is 415 g/mol. The summed E-state index contributed by atoms with van der Waals surface area (Å²) in [7, 11) is 0. The summed E-state index contributed by atoms with van der Waals surface area (Å²) >= 11 is 0. The molecular formula is C23H30FN3O3. The third-order valence-electron chi connectivity index (χ3n) is 5.65. The molecule has 1 aliphatic heterocycles. The molecule has 30 heavy (non-hydrogen) atoms. The fourth-order valence-electron chi connectivity index (χ4n) is 3.77. The first-order chi connectivity index (χ1) is 14.5. The number of aromatic nitrogens is 1. The van der Waals surface area contributed by atoms with Gasteiger partial charge in [0.25, 0.3) is 0 Å². The minimum absolute atomic E-state index is 0.0146. The summed E-state index contributed by atoms with van der Waals surface area (Å²) in [4.78, 5) is 31.2. The standard InChI is InChI=1S/C23H30FN3O3/c1-3-4-13-25-23(29)17-10-9-16(2)27(15-17)22(28)12-11-21-26-14-20(30-21)18-7-5-6-8-19(18)24/h5-8,14,16-17H,3-4,9-13,15H2,1-2H3,(H,25,29). The highest BCUT2D eigenvalue weighted by atomic mass is 19.1. The zero-order valence-corrected chi connectivity index (χ0v) is 17.7. The smallest absolute Gasteiger partial charge is 0.224 e. The van der Waals surface area contributed by atoms with Crippen molar-refractivity contribution in [2.75, 3.05) is 13.1 Å². The number of amides is 2. The lowest BCUT2D eigenvalue weighted by Gasteiger charge is -2.37. The summed E-state index contributed by atoms with van der Waals surface area (Å²) < 4.78 is 19.5. The molecule has 1 fully saturated rings. The van der Waals surface area contributed by atoms with Crippen molar-refractivity contribution in [3.05, 3.63) is 42.2 Å². The number of nitrogens with one attached hydrogen (secondary N) is 1. The molecule has 0 spiro atoms. The van der Waals surface area contributed by atoms with Crippen LogP contribution in [0.25, 0.3) is 11.3 Å². The number of unbranched alkanes of at least 4 members (excludes halogenated alkanes) is 1. The zero-order valence-electron chi connectivity index (χ0n) is 17.7. The van der Waals surface area contributed by atoms with E-state index in [-0.39, 0.29) is 36.0 Å². The van der Waals surface area contributed by atoms with Crippen molar-refractivity contribution in [1.82, 2.24) is 15.2 Å². The molecule has 6 nitrogen and oxygen atoms in total. The van der Waals surface area contributed by atoms with E-state index in [0.29, 0.717) is 36.7 Å². The number of halogens is 1. The van der Waals surface area contributed by atoms with Gasteiger partial charge in [-0.1, -0.05) is 25.5 Å². The number of carbonyl (C=O) groups is 2. The van der Waals surface area contributed by atoms with Crippen LogP contribution in [0, 0.1) is 11.7 Å². The third-order valence-corrected chi connectivity index (χ3v) is 5.65. The maximum absolute atomic E-state index is 13.9. The van der Waals surface area contributed by atoms with Gasteiger partial charge in [0.2, 0.25) is 11.8 Å². The van der Waals surface area contributed by atoms with Crippen molar-refractivity contribution in [2.45, 2.75) is 58.4 Å². The molecular weight excluding hydrogens is 385 g/mol. The van der Waals surface area contributed by atoms with Crippen molar-refractivity contribution in [1.29, 1.82) is 0 Å². The first kappa shape index (κ1) is 22.0. The Labute approximate surface area is 176 Å². The molecule has 2 aromatic rings. The Hall–Kier alpha value is -2.70. The van der Waals surface area contributed by atoms with Crippen molar-refractivity contribution in [3.8, 4) is 11.3 Å². The molecule has 1 saturated heterocycles. The Bertz CT molecular complexity index is 867. The lowest BCUT2D eigenvalue weighted by atomic mass is 9.92. The number of piperidine rings is 1. The summed E-state index contributed by atoms with van der Waals surface area (Å²) in [5, 5.41) is 2.98. The molecule has 1 aliphatic rings. The molecule has 2 heterocycles. The van der Waals surface area contributed by atoms with E-state index < -0.39 is 0 Å². The third kappa shape index (κ3) is 5.46. The highest BCUT2D eigenvalue weighted by molar-refractivity contribution is 5.81. The minimum Gasteiger partial charge on any atom is -0.441 e. The van der Waals surface area contributed by atoms with E-state index in [2.05, 4.69) is 17.2 Å². The van der Waals surface area contributed by atoms with Crippen LogP contribution in [-0.2, 0) is 16.0 Å². The van der Waals surface area contributed by atoms with Crippen LogP contribution in [0.1, 0.15) is 51.8 Å². The summed E-state index contributed by atoms with van der Waals surface area (Å²) in [6.45, 7) is 5.24. The molecule has 2 amide bonds. The molecule has 1 aromatic carbocycles. The Morgan fingerprint density at radius 1 is 1.30 bits per heavy atom. The Morgan fingerprint density at radius 2 is 2.10 bits per heavy atom. The van der Waals surface area contributed by atoms with Gasteiger partial charge in [0.1, 0.15) is 5.82 Å². The highest BCUT2D eigenvalue weighted by Gasteiger charge is 2.32. The number of likely N-dealkylation sites (tertiary alicyclic amines) is 1. The van der Waals surface area contributed by atoms with Gasteiger partial charge in [-0.3, -0.25) is 9.59 Å². The number of hydrogen-bond donors (Lipinski definition) is 1. The van der Waals surface area contributed by atoms with Crippen LogP contribution in [0.3, 0.4) is 0 Å². The summed E-state index contributed by atoms with van der Waals surface area (Å²) in [5.41, 5.74) is 0.351. The van der Waals surface area contributed by atoms with E-state index in [1.807, 2.05) is 6.92 Å². The van der Waals surface area contributed by atoms with Crippen LogP contribution in [0.2, 0.25) is 0 Å². The van der Waals surface area contributed by atoms with Crippen molar-refractivity contribution < 1.29 is 18.4 Å². The molecule has 0 aliphatic carbocycles. The van der Waals surface area contributed by atoms with Crippen LogP contribution in [0.15, 0.2) is 34.9 Å². The second-order valence-corrected chi connectivity index (χ2v) is 7.91. The average molecular weight is 416 g/mol. The molecule has 0 bridgehead atoms. The molecule has 0 saturated carbocycles. The van der Waals surface area contributed by atoms with Gasteiger partial charge in [-0.05, 0) is 38.3 Å². The minimum atomic E-state index is -0.373. The molecule has 3 rings (SSSR count). The Balaban J connectivity index is 1.55. The van der Waals surface area contributed by atoms with E-state index in [1.54, 1.807) is 23.1 Å². The van der Waals surface area contributed by atoms with Gasteiger partial charge >= 0.3 is 0 Å². The largest absolute Gasteiger partial charge is 0.441 e. The van der Waals surface area contributed by atoms with E-state index in [1.165, 1.54) is 12.3 Å². The topological polar surface area (TPSA) is 75.4 Å². The predicted octanol–water partition coefficient (Wildman–Crippen LogP) is 3.96. The number of nitrogens with zero attached hydrogens (tertiary/aromatic N) is 2. The van der Waals surface area contributed by atoms with Crippen molar-refractivity contribution >= 4 is 11.8 Å². The summed E-state index contributed by atoms with van der Waals surface area (Å²) in [6.07, 6.45) is 5.67. The normalized spacial score (nSPS) is 19.0. The highest BCUT2D eigenvalue weighted by Crippen LogP contribution is 2.25. The van der Waals surface area contributed by atoms with E-state index >= 15 is 0 Å². The Morgan fingerprint density at radius 3 is 2.87 bits per heavy atom. The van der Waals surface area contributed by atoms with Crippen LogP contribution < -0.4 is 5.32 Å². The lowest BCUT2D eigenvalue weighted by Crippen LogP contribution is -2.49. The first-order valence-electron chi connectivity index (χ1n) is 10.8. The lowest BCUT2D eigenvalue weighted by molar-refractivity contribution is -0.138. The van der Waals surface area contributed by atoms with Gasteiger partial charge in [0, 0.05) is 32.0 Å². The van der Waals surface area contributed by atoms with Gasteiger partial charge in [-0.25, -0.2) is 9.37 Å². The number of hydrogen-bond acceptors (Lipinski definition) is 4. The molecule has 7 heteroatoms. The van der Waals surface area contributed by atoms with Crippen LogP contribution >= 0.6 is 0 Å². The summed E-state index contributed by atoms with van der Waals surface area (Å²) in [5.74, 6) is 0.249. The number of benzene rings is 1. The Kier molecular flexibility index (Phi) is 7.60. The van der Waals surface area contributed by atoms with Crippen LogP contribution in [0.4, 0.5) is 4.39 Å².